The van der Waals surface area contributed by atoms with Gasteiger partial charge in [-0.25, -0.2) is 9.98 Å². The van der Waals surface area contributed by atoms with Gasteiger partial charge in [0.25, 0.3) is 0 Å². The fourth-order valence-electron chi connectivity index (χ4n) is 3.24. The van der Waals surface area contributed by atoms with E-state index in [-0.39, 0.29) is 0 Å². The lowest BCUT2D eigenvalue weighted by atomic mass is 10.1. The third kappa shape index (κ3) is 3.24. The highest BCUT2D eigenvalue weighted by Gasteiger charge is 2.29. The first kappa shape index (κ1) is 19.1. The first-order valence-electron chi connectivity index (χ1n) is 8.44. The van der Waals surface area contributed by atoms with E-state index in [2.05, 4.69) is 94.4 Å². The molecule has 2 atom stereocenters. The van der Waals surface area contributed by atoms with Gasteiger partial charge in [0.05, 0.1) is 21.1 Å². The molecule has 2 unspecified atom stereocenters. The SMILES string of the molecule is CC1=Nc2c(CCC3=Nc4cc(C)sc4C(I)N3C)csc2C(I)N1C. The Bertz CT molecular complexity index is 914. The molecule has 2 aromatic heterocycles. The minimum absolute atomic E-state index is 0.373. The van der Waals surface area contributed by atoms with Crippen molar-refractivity contribution in [2.45, 2.75) is 34.8 Å². The van der Waals surface area contributed by atoms with Crippen molar-refractivity contribution in [1.82, 2.24) is 9.80 Å². The average Bonchev–Trinajstić information content (AvgIpc) is 3.18. The summed E-state index contributed by atoms with van der Waals surface area (Å²) in [5.41, 5.74) is 3.71. The summed E-state index contributed by atoms with van der Waals surface area (Å²) < 4.78 is 0.751. The van der Waals surface area contributed by atoms with Gasteiger partial charge >= 0.3 is 0 Å². The van der Waals surface area contributed by atoms with E-state index in [0.717, 1.165) is 24.4 Å². The maximum absolute atomic E-state index is 4.96. The van der Waals surface area contributed by atoms with Crippen LogP contribution in [0.4, 0.5) is 11.4 Å². The van der Waals surface area contributed by atoms with Gasteiger partial charge in [0.2, 0.25) is 0 Å². The molecular weight excluding hydrogens is 590 g/mol. The van der Waals surface area contributed by atoms with Crippen molar-refractivity contribution in [2.75, 3.05) is 14.1 Å². The quantitative estimate of drug-likeness (QED) is 0.223. The molecule has 0 radical (unpaired) electrons. The molecule has 2 aliphatic heterocycles. The van der Waals surface area contributed by atoms with Gasteiger partial charge in [-0.3, -0.25) is 0 Å². The smallest absolute Gasteiger partial charge is 0.118 e. The lowest BCUT2D eigenvalue weighted by Gasteiger charge is -2.30. The van der Waals surface area contributed by atoms with E-state index in [1.54, 1.807) is 0 Å². The second-order valence-corrected chi connectivity index (χ2v) is 11.2. The molecule has 0 aromatic carbocycles. The summed E-state index contributed by atoms with van der Waals surface area (Å²) in [5, 5.41) is 2.29. The lowest BCUT2D eigenvalue weighted by molar-refractivity contribution is 0.490. The van der Waals surface area contributed by atoms with Crippen molar-refractivity contribution in [2.24, 2.45) is 9.98 Å². The Morgan fingerprint density at radius 3 is 2.54 bits per heavy atom. The van der Waals surface area contributed by atoms with Gasteiger partial charge in [-0.15, -0.1) is 22.7 Å². The molecule has 0 N–H and O–H groups in total. The predicted molar refractivity (Wildman–Crippen MR) is 131 cm³/mol. The van der Waals surface area contributed by atoms with Crippen molar-refractivity contribution in [3.63, 3.8) is 0 Å². The average molecular weight is 610 g/mol. The normalized spacial score (nSPS) is 22.1. The monoisotopic (exact) mass is 610 g/mol. The van der Waals surface area contributed by atoms with Crippen LogP contribution in [0.25, 0.3) is 0 Å². The lowest BCUT2D eigenvalue weighted by Crippen LogP contribution is -2.30. The summed E-state index contributed by atoms with van der Waals surface area (Å²) in [6.07, 6.45) is 1.94. The molecule has 8 heteroatoms. The zero-order chi connectivity index (χ0) is 18.6. The van der Waals surface area contributed by atoms with Crippen molar-refractivity contribution < 1.29 is 0 Å². The molecule has 0 amide bonds. The van der Waals surface area contributed by atoms with Crippen LogP contribution in [0.3, 0.4) is 0 Å². The first-order valence-corrected chi connectivity index (χ1v) is 12.6. The molecule has 26 heavy (non-hydrogen) atoms. The highest BCUT2D eigenvalue weighted by atomic mass is 127. The van der Waals surface area contributed by atoms with E-state index in [4.69, 9.17) is 9.98 Å². The van der Waals surface area contributed by atoms with Gasteiger partial charge in [-0.05, 0) is 37.3 Å². The van der Waals surface area contributed by atoms with Gasteiger partial charge in [0.1, 0.15) is 19.8 Å². The highest BCUT2D eigenvalue weighted by molar-refractivity contribution is 14.1. The Labute approximate surface area is 189 Å². The number of hydrogen-bond acceptors (Lipinski definition) is 6. The Hall–Kier alpha value is -0.200. The van der Waals surface area contributed by atoms with Crippen molar-refractivity contribution >= 4 is 90.9 Å². The molecule has 138 valence electrons. The Balaban J connectivity index is 1.58. The van der Waals surface area contributed by atoms with E-state index in [9.17, 15) is 0 Å². The van der Waals surface area contributed by atoms with E-state index in [0.29, 0.717) is 8.10 Å². The van der Waals surface area contributed by atoms with Crippen LogP contribution >= 0.6 is 67.9 Å². The second-order valence-electron chi connectivity index (χ2n) is 6.66. The first-order chi connectivity index (χ1) is 12.4. The molecule has 0 saturated heterocycles. The van der Waals surface area contributed by atoms with E-state index < -0.39 is 0 Å². The molecule has 4 nitrogen and oxygen atoms in total. The van der Waals surface area contributed by atoms with Crippen molar-refractivity contribution in [1.29, 1.82) is 0 Å². The molecular formula is C18H20I2N4S2. The molecule has 2 aromatic rings. The third-order valence-electron chi connectivity index (χ3n) is 4.90. The number of aryl methyl sites for hydroxylation is 2. The molecule has 2 aliphatic rings. The molecule has 0 spiro atoms. The van der Waals surface area contributed by atoms with E-state index in [1.807, 2.05) is 22.7 Å². The highest BCUT2D eigenvalue weighted by Crippen LogP contribution is 2.46. The van der Waals surface area contributed by atoms with Gasteiger partial charge in [-0.1, -0.05) is 45.2 Å². The van der Waals surface area contributed by atoms with Gasteiger partial charge in [0.15, 0.2) is 0 Å². The van der Waals surface area contributed by atoms with Gasteiger partial charge < -0.3 is 9.80 Å². The standard InChI is InChI=1S/C18H20I2N4S2/c1-9-7-12-15(26-9)17(19)24(4)13(22-12)6-5-11-8-25-16-14(11)21-10(2)23(3)18(16)20/h7-8,17-18H,5-6H2,1-4H3. The summed E-state index contributed by atoms with van der Waals surface area (Å²) in [7, 11) is 4.28. The van der Waals surface area contributed by atoms with Crippen LogP contribution in [0.5, 0.6) is 0 Å². The van der Waals surface area contributed by atoms with Crippen molar-refractivity contribution in [3.8, 4) is 0 Å². The summed E-state index contributed by atoms with van der Waals surface area (Å²) >= 11 is 8.73. The minimum atomic E-state index is 0.373. The fourth-order valence-corrected chi connectivity index (χ4v) is 7.44. The number of rotatable bonds is 3. The summed E-state index contributed by atoms with van der Waals surface area (Å²) in [6.45, 7) is 4.26. The van der Waals surface area contributed by atoms with Crippen molar-refractivity contribution in [3.05, 3.63) is 31.6 Å². The largest absolute Gasteiger partial charge is 0.346 e. The zero-order valence-corrected chi connectivity index (χ0v) is 21.0. The van der Waals surface area contributed by atoms with Crippen LogP contribution in [0.15, 0.2) is 21.4 Å². The van der Waals surface area contributed by atoms with Crippen LogP contribution in [0.2, 0.25) is 0 Å². The topological polar surface area (TPSA) is 31.2 Å². The Morgan fingerprint density at radius 2 is 1.77 bits per heavy atom. The molecule has 0 fully saturated rings. The van der Waals surface area contributed by atoms with Gasteiger partial charge in [0, 0.05) is 25.4 Å². The van der Waals surface area contributed by atoms with Crippen LogP contribution < -0.4 is 0 Å². The maximum Gasteiger partial charge on any atom is 0.118 e. The summed E-state index contributed by atoms with van der Waals surface area (Å²) in [6, 6.07) is 2.22. The molecule has 0 bridgehead atoms. The molecule has 0 aliphatic carbocycles. The maximum atomic E-state index is 4.96. The number of alkyl halides is 2. The predicted octanol–water partition coefficient (Wildman–Crippen LogP) is 6.59. The third-order valence-corrected chi connectivity index (χ3v) is 10.8. The molecule has 4 heterocycles. The van der Waals surface area contributed by atoms with E-state index in [1.165, 1.54) is 31.7 Å². The second kappa shape index (κ2) is 7.32. The fraction of sp³-hybridized carbons (Fsp3) is 0.444. The zero-order valence-electron chi connectivity index (χ0n) is 15.1. The number of fused-ring (bicyclic) bond motifs is 2. The number of halogens is 2. The number of hydrogen-bond donors (Lipinski definition) is 0. The Kier molecular flexibility index (Phi) is 5.39. The molecule has 4 rings (SSSR count). The number of aliphatic imine (C=N–C) groups is 2. The van der Waals surface area contributed by atoms with E-state index >= 15 is 0 Å². The van der Waals surface area contributed by atoms with Gasteiger partial charge in [-0.2, -0.15) is 0 Å². The van der Waals surface area contributed by atoms with Crippen LogP contribution in [-0.2, 0) is 6.42 Å². The Morgan fingerprint density at radius 1 is 1.04 bits per heavy atom. The minimum Gasteiger partial charge on any atom is -0.346 e. The van der Waals surface area contributed by atoms with Crippen LogP contribution in [0, 0.1) is 6.92 Å². The number of nitrogens with zero attached hydrogens (tertiary/aromatic N) is 4. The van der Waals surface area contributed by atoms with Crippen LogP contribution in [-0.4, -0.2) is 35.6 Å². The number of thiophene rings is 2. The molecule has 0 saturated carbocycles. The van der Waals surface area contributed by atoms with Crippen LogP contribution in [0.1, 0.15) is 41.6 Å². The number of amidine groups is 2. The summed E-state index contributed by atoms with van der Waals surface area (Å²) in [5.74, 6) is 2.27. The summed E-state index contributed by atoms with van der Waals surface area (Å²) in [4.78, 5) is 18.5.